The van der Waals surface area contributed by atoms with E-state index < -0.39 is 5.91 Å². The van der Waals surface area contributed by atoms with E-state index in [0.29, 0.717) is 27.6 Å². The summed E-state index contributed by atoms with van der Waals surface area (Å²) in [6, 6.07) is 20.0. The number of piperidine rings is 1. The highest BCUT2D eigenvalue weighted by Gasteiger charge is 2.20. The molecule has 0 spiro atoms. The molecule has 8 nitrogen and oxygen atoms in total. The first-order valence-electron chi connectivity index (χ1n) is 14.8. The fourth-order valence-electron chi connectivity index (χ4n) is 5.12. The molecule has 5 rings (SSSR count). The molecule has 1 aliphatic rings. The Morgan fingerprint density at radius 1 is 0.978 bits per heavy atom. The van der Waals surface area contributed by atoms with Crippen molar-refractivity contribution in [3.05, 3.63) is 105 Å². The molecule has 1 aliphatic heterocycles. The molecule has 0 bridgehead atoms. The summed E-state index contributed by atoms with van der Waals surface area (Å²) in [4.78, 5) is 46.0. The van der Waals surface area contributed by atoms with Crippen LogP contribution in [0.3, 0.4) is 0 Å². The molecule has 45 heavy (non-hydrogen) atoms. The van der Waals surface area contributed by atoms with Gasteiger partial charge in [0.25, 0.3) is 5.91 Å². The number of benzene rings is 3. The largest absolute Gasteiger partial charge is 0.487 e. The molecule has 0 aliphatic carbocycles. The van der Waals surface area contributed by atoms with E-state index in [0.717, 1.165) is 54.5 Å². The zero-order valence-electron chi connectivity index (χ0n) is 25.2. The number of ether oxygens (including phenoxy) is 1. The third kappa shape index (κ3) is 7.82. The second-order valence-corrected chi connectivity index (χ2v) is 11.7. The highest BCUT2D eigenvalue weighted by atomic mass is 35.5. The number of para-hydroxylation sites is 1. The lowest BCUT2D eigenvalue weighted by molar-refractivity contribution is -0.122. The summed E-state index contributed by atoms with van der Waals surface area (Å²) in [5.74, 6) is -0.179. The van der Waals surface area contributed by atoms with Gasteiger partial charge in [0.2, 0.25) is 11.8 Å². The monoisotopic (exact) mass is 644 g/mol. The van der Waals surface area contributed by atoms with Crippen LogP contribution in [-0.2, 0) is 16.2 Å². The molecule has 3 amide bonds. The lowest BCUT2D eigenvalue weighted by atomic mass is 10.1. The van der Waals surface area contributed by atoms with Gasteiger partial charge in [-0.25, -0.2) is 4.98 Å². The smallest absolute Gasteiger partial charge is 0.253 e. The molecule has 1 aromatic heterocycles. The van der Waals surface area contributed by atoms with Crippen molar-refractivity contribution >= 4 is 63.6 Å². The zero-order chi connectivity index (χ0) is 31.9. The van der Waals surface area contributed by atoms with Gasteiger partial charge in [-0.2, -0.15) is 0 Å². The van der Waals surface area contributed by atoms with Crippen molar-refractivity contribution in [3.63, 3.8) is 0 Å². The second kappa shape index (κ2) is 14.6. The van der Waals surface area contributed by atoms with Gasteiger partial charge in [0.1, 0.15) is 17.9 Å². The Balaban J connectivity index is 1.17. The van der Waals surface area contributed by atoms with Gasteiger partial charge in [-0.3, -0.25) is 14.4 Å². The molecular formula is C35H34Cl2N4O4. The Bertz CT molecular complexity index is 1750. The van der Waals surface area contributed by atoms with E-state index in [9.17, 15) is 14.4 Å². The minimum atomic E-state index is -0.430. The highest BCUT2D eigenvalue weighted by Crippen LogP contribution is 2.35. The first-order chi connectivity index (χ1) is 21.7. The molecule has 232 valence electrons. The van der Waals surface area contributed by atoms with E-state index >= 15 is 0 Å². The Morgan fingerprint density at radius 3 is 2.49 bits per heavy atom. The van der Waals surface area contributed by atoms with Crippen LogP contribution in [0.15, 0.2) is 72.8 Å². The summed E-state index contributed by atoms with van der Waals surface area (Å²) in [6.45, 7) is 3.32. The van der Waals surface area contributed by atoms with Crippen molar-refractivity contribution in [2.24, 2.45) is 0 Å². The number of pyridine rings is 1. The van der Waals surface area contributed by atoms with Gasteiger partial charge < -0.3 is 19.9 Å². The highest BCUT2D eigenvalue weighted by molar-refractivity contribution is 6.38. The van der Waals surface area contributed by atoms with Crippen molar-refractivity contribution in [2.75, 3.05) is 31.6 Å². The topological polar surface area (TPSA) is 91.8 Å². The van der Waals surface area contributed by atoms with Crippen molar-refractivity contribution in [1.29, 1.82) is 0 Å². The SMILES string of the molecule is Cc1ccc2cccc(OCc3c(Cl)ccc(N(C)C(=O)CNC(=O)C=Cc4ccc(C(=O)N5CCCCC5)cc4)c3Cl)c2n1. The number of amides is 3. The summed E-state index contributed by atoms with van der Waals surface area (Å²) < 4.78 is 6.09. The third-order valence-corrected chi connectivity index (χ3v) is 8.51. The van der Waals surface area contributed by atoms with Gasteiger partial charge in [-0.15, -0.1) is 0 Å². The van der Waals surface area contributed by atoms with E-state index in [-0.39, 0.29) is 30.0 Å². The van der Waals surface area contributed by atoms with Gasteiger partial charge in [0.05, 0.1) is 17.3 Å². The predicted molar refractivity (Wildman–Crippen MR) is 179 cm³/mol. The number of hydrogen-bond acceptors (Lipinski definition) is 5. The van der Waals surface area contributed by atoms with Crippen LogP contribution in [0.4, 0.5) is 5.69 Å². The van der Waals surface area contributed by atoms with Gasteiger partial charge in [0.15, 0.2) is 0 Å². The number of nitrogens with zero attached hydrogens (tertiary/aromatic N) is 3. The number of carbonyl (C=O) groups excluding carboxylic acids is 3. The number of anilines is 1. The number of hydrogen-bond donors (Lipinski definition) is 1. The molecule has 1 N–H and O–H groups in total. The van der Waals surface area contributed by atoms with Crippen molar-refractivity contribution < 1.29 is 19.1 Å². The van der Waals surface area contributed by atoms with Crippen LogP contribution in [0.25, 0.3) is 17.0 Å². The maximum Gasteiger partial charge on any atom is 0.253 e. The Labute approximate surface area is 272 Å². The van der Waals surface area contributed by atoms with E-state index in [2.05, 4.69) is 10.3 Å². The van der Waals surface area contributed by atoms with Crippen LogP contribution >= 0.6 is 23.2 Å². The number of fused-ring (bicyclic) bond motifs is 1. The second-order valence-electron chi connectivity index (χ2n) is 10.9. The average Bonchev–Trinajstić information content (AvgIpc) is 3.06. The average molecular weight is 646 g/mol. The maximum atomic E-state index is 13.0. The lowest BCUT2D eigenvalue weighted by Crippen LogP contribution is -2.37. The van der Waals surface area contributed by atoms with E-state index in [1.54, 1.807) is 49.5 Å². The Kier molecular flexibility index (Phi) is 10.4. The molecule has 3 aromatic carbocycles. The summed E-state index contributed by atoms with van der Waals surface area (Å²) >= 11 is 13.2. The lowest BCUT2D eigenvalue weighted by Gasteiger charge is -2.26. The van der Waals surface area contributed by atoms with Crippen LogP contribution < -0.4 is 15.0 Å². The summed E-state index contributed by atoms with van der Waals surface area (Å²) in [6.07, 6.45) is 6.21. The first kappa shape index (κ1) is 32.0. The minimum absolute atomic E-state index is 0.0308. The zero-order valence-corrected chi connectivity index (χ0v) is 26.7. The fraction of sp³-hybridized carbons (Fsp3) is 0.257. The summed E-state index contributed by atoms with van der Waals surface area (Å²) in [5, 5.41) is 4.23. The number of aromatic nitrogens is 1. The molecule has 0 unspecified atom stereocenters. The first-order valence-corrected chi connectivity index (χ1v) is 15.5. The third-order valence-electron chi connectivity index (χ3n) is 7.74. The number of aryl methyl sites for hydroxylation is 1. The van der Waals surface area contributed by atoms with Crippen LogP contribution in [0.1, 0.15) is 46.4 Å². The molecule has 1 fully saturated rings. The van der Waals surface area contributed by atoms with Crippen molar-refractivity contribution in [3.8, 4) is 5.75 Å². The van der Waals surface area contributed by atoms with Gasteiger partial charge in [-0.1, -0.05) is 53.5 Å². The molecule has 10 heteroatoms. The standard InChI is InChI=1S/C35H34Cl2N4O4/c1-23-9-13-25-7-6-8-30(34(25)39-23)45-22-27-28(36)16-17-29(33(27)37)40(2)32(43)21-38-31(42)18-12-24-10-14-26(15-11-24)35(44)41-19-4-3-5-20-41/h6-18H,3-5,19-22H2,1-2H3,(H,38,42). The van der Waals surface area contributed by atoms with Gasteiger partial charge in [0, 0.05) is 53.4 Å². The number of halogens is 2. The maximum absolute atomic E-state index is 13.0. The van der Waals surface area contributed by atoms with E-state index in [1.165, 1.54) is 11.0 Å². The molecule has 0 saturated carbocycles. The van der Waals surface area contributed by atoms with Crippen LogP contribution in [0, 0.1) is 6.92 Å². The molecular weight excluding hydrogens is 611 g/mol. The fourth-order valence-corrected chi connectivity index (χ4v) is 5.73. The summed E-state index contributed by atoms with van der Waals surface area (Å²) in [5.41, 5.74) is 3.95. The van der Waals surface area contributed by atoms with Crippen LogP contribution in [0.2, 0.25) is 10.0 Å². The molecule has 0 atom stereocenters. The Hall–Kier alpha value is -4.40. The number of likely N-dealkylation sites (N-methyl/N-ethyl adjacent to an activating group) is 1. The number of rotatable bonds is 9. The molecule has 0 radical (unpaired) electrons. The van der Waals surface area contributed by atoms with Gasteiger partial charge >= 0.3 is 0 Å². The number of likely N-dealkylation sites (tertiary alicyclic amines) is 1. The quantitative estimate of drug-likeness (QED) is 0.201. The predicted octanol–water partition coefficient (Wildman–Crippen LogP) is 6.85. The normalized spacial score (nSPS) is 13.2. The minimum Gasteiger partial charge on any atom is -0.487 e. The van der Waals surface area contributed by atoms with Crippen LogP contribution in [-0.4, -0.2) is 54.3 Å². The van der Waals surface area contributed by atoms with Crippen LogP contribution in [0.5, 0.6) is 5.75 Å². The molecule has 2 heterocycles. The summed E-state index contributed by atoms with van der Waals surface area (Å²) in [7, 11) is 1.58. The number of nitrogens with one attached hydrogen (secondary N) is 1. The number of carbonyl (C=O) groups is 3. The van der Waals surface area contributed by atoms with E-state index in [4.69, 9.17) is 27.9 Å². The van der Waals surface area contributed by atoms with E-state index in [1.807, 2.05) is 42.2 Å². The van der Waals surface area contributed by atoms with Crippen molar-refractivity contribution in [1.82, 2.24) is 15.2 Å². The Morgan fingerprint density at radius 2 is 1.73 bits per heavy atom. The van der Waals surface area contributed by atoms with Crippen molar-refractivity contribution in [2.45, 2.75) is 32.8 Å². The molecule has 4 aromatic rings. The van der Waals surface area contributed by atoms with Gasteiger partial charge in [-0.05, 0) is 74.2 Å². The molecule has 1 saturated heterocycles.